The third-order valence-electron chi connectivity index (χ3n) is 4.50. The van der Waals surface area contributed by atoms with Gasteiger partial charge >= 0.3 is 0 Å². The number of rotatable bonds is 5. The van der Waals surface area contributed by atoms with Crippen LogP contribution >= 0.6 is 11.8 Å². The minimum atomic E-state index is 0.594. The fourth-order valence-electron chi connectivity index (χ4n) is 3.07. The summed E-state index contributed by atoms with van der Waals surface area (Å²) in [6.45, 7) is 6.87. The van der Waals surface area contributed by atoms with Crippen LogP contribution in [0.1, 0.15) is 12.0 Å². The van der Waals surface area contributed by atoms with Crippen molar-refractivity contribution >= 4 is 22.6 Å². The van der Waals surface area contributed by atoms with Crippen molar-refractivity contribution in [3.63, 3.8) is 0 Å². The second-order valence-corrected chi connectivity index (χ2v) is 7.28. The summed E-state index contributed by atoms with van der Waals surface area (Å²) in [5.74, 6) is 2.40. The first-order valence-corrected chi connectivity index (χ1v) is 10.1. The molecule has 7 nitrogen and oxygen atoms in total. The molecular weight excluding hydrogens is 352 g/mol. The molecule has 0 spiro atoms. The van der Waals surface area contributed by atoms with E-state index in [-0.39, 0.29) is 0 Å². The topological polar surface area (TPSA) is 67.7 Å². The zero-order chi connectivity index (χ0) is 17.6. The molecule has 1 fully saturated rings. The van der Waals surface area contributed by atoms with Gasteiger partial charge in [-0.05, 0) is 24.6 Å². The highest BCUT2D eigenvalue weighted by Gasteiger charge is 2.17. The van der Waals surface area contributed by atoms with Gasteiger partial charge in [-0.1, -0.05) is 11.8 Å². The van der Waals surface area contributed by atoms with Crippen molar-refractivity contribution < 1.29 is 14.2 Å². The predicted octanol–water partition coefficient (Wildman–Crippen LogP) is 1.58. The van der Waals surface area contributed by atoms with Crippen LogP contribution in [0.5, 0.6) is 11.5 Å². The van der Waals surface area contributed by atoms with E-state index in [1.807, 2.05) is 18.2 Å². The molecule has 0 atom stereocenters. The van der Waals surface area contributed by atoms with E-state index in [0.29, 0.717) is 13.2 Å². The Kier molecular flexibility index (Phi) is 5.93. The van der Waals surface area contributed by atoms with Crippen LogP contribution in [0.4, 0.5) is 0 Å². The quantitative estimate of drug-likeness (QED) is 0.787. The van der Waals surface area contributed by atoms with E-state index in [2.05, 4.69) is 20.4 Å². The summed E-state index contributed by atoms with van der Waals surface area (Å²) < 4.78 is 16.6. The van der Waals surface area contributed by atoms with Gasteiger partial charge in [-0.25, -0.2) is 0 Å². The third-order valence-corrected chi connectivity index (χ3v) is 5.41. The van der Waals surface area contributed by atoms with E-state index < -0.39 is 0 Å². The Hall–Kier alpha value is -1.77. The number of hydrogen-bond acceptors (Lipinski definition) is 7. The summed E-state index contributed by atoms with van der Waals surface area (Å²) in [5.41, 5.74) is 5.14. The third kappa shape index (κ3) is 4.49. The van der Waals surface area contributed by atoms with Gasteiger partial charge in [-0.3, -0.25) is 15.3 Å². The van der Waals surface area contributed by atoms with Gasteiger partial charge < -0.3 is 14.2 Å². The second kappa shape index (κ2) is 8.75. The van der Waals surface area contributed by atoms with Gasteiger partial charge in [-0.2, -0.15) is 5.10 Å². The summed E-state index contributed by atoms with van der Waals surface area (Å²) >= 11 is 1.69. The van der Waals surface area contributed by atoms with Crippen LogP contribution in [0.2, 0.25) is 0 Å². The number of hydrazone groups is 1. The van der Waals surface area contributed by atoms with Crippen LogP contribution in [0.15, 0.2) is 28.3 Å². The zero-order valence-electron chi connectivity index (χ0n) is 14.8. The van der Waals surface area contributed by atoms with Crippen LogP contribution in [-0.4, -0.2) is 74.1 Å². The normalized spacial score (nSPS) is 22.0. The summed E-state index contributed by atoms with van der Waals surface area (Å²) in [4.78, 5) is 7.06. The van der Waals surface area contributed by atoms with Crippen LogP contribution in [0.25, 0.3) is 0 Å². The highest BCUT2D eigenvalue weighted by atomic mass is 32.2. The standard InChI is InChI=1S/C18H24N4O3S/c1(5-22-6-8-23-9-7-22)4-19-18-21-20-15(13-26-18)14-2-3-16-17(12-14)25-11-10-24-16/h2-3,12H,1,4-11,13H2,(H,19,21). The molecule has 3 aliphatic rings. The number of nitrogens with zero attached hydrogens (tertiary/aromatic N) is 3. The first-order chi connectivity index (χ1) is 12.9. The van der Waals surface area contributed by atoms with Gasteiger partial charge in [0.25, 0.3) is 0 Å². The van der Waals surface area contributed by atoms with Crippen molar-refractivity contribution in [2.75, 3.05) is 58.4 Å². The lowest BCUT2D eigenvalue weighted by atomic mass is 10.1. The molecule has 0 aromatic heterocycles. The van der Waals surface area contributed by atoms with Crippen molar-refractivity contribution in [3.05, 3.63) is 23.8 Å². The average Bonchev–Trinajstić information content (AvgIpc) is 2.72. The molecular formula is C18H24N4O3S. The Labute approximate surface area is 157 Å². The Morgan fingerprint density at radius 1 is 1.12 bits per heavy atom. The van der Waals surface area contributed by atoms with Gasteiger partial charge in [0.2, 0.25) is 0 Å². The lowest BCUT2D eigenvalue weighted by Crippen LogP contribution is -2.37. The number of nitrogens with one attached hydrogen (secondary N) is 1. The van der Waals surface area contributed by atoms with Gasteiger partial charge in [-0.15, -0.1) is 0 Å². The fourth-order valence-corrected chi connectivity index (χ4v) is 3.87. The lowest BCUT2D eigenvalue weighted by molar-refractivity contribution is 0.0377. The monoisotopic (exact) mass is 376 g/mol. The molecule has 0 unspecified atom stereocenters. The lowest BCUT2D eigenvalue weighted by Gasteiger charge is -2.26. The van der Waals surface area contributed by atoms with E-state index in [0.717, 1.165) is 79.5 Å². The molecule has 1 N–H and O–H groups in total. The number of aliphatic imine (C=N–C) groups is 1. The summed E-state index contributed by atoms with van der Waals surface area (Å²) in [5, 5.41) is 5.39. The molecule has 8 heteroatoms. The number of ether oxygens (including phenoxy) is 3. The molecule has 140 valence electrons. The summed E-state index contributed by atoms with van der Waals surface area (Å²) in [6.07, 6.45) is 1.06. The molecule has 0 aliphatic carbocycles. The van der Waals surface area contributed by atoms with Crippen LogP contribution < -0.4 is 14.9 Å². The molecule has 0 saturated carbocycles. The molecule has 0 radical (unpaired) electrons. The van der Waals surface area contributed by atoms with Crippen molar-refractivity contribution in [2.45, 2.75) is 6.42 Å². The molecule has 0 amide bonds. The maximum atomic E-state index is 5.65. The van der Waals surface area contributed by atoms with Gasteiger partial charge in [0.15, 0.2) is 16.7 Å². The molecule has 1 aromatic rings. The highest BCUT2D eigenvalue weighted by molar-refractivity contribution is 8.14. The average molecular weight is 376 g/mol. The molecule has 3 aliphatic heterocycles. The summed E-state index contributed by atoms with van der Waals surface area (Å²) in [7, 11) is 0. The number of morpholine rings is 1. The summed E-state index contributed by atoms with van der Waals surface area (Å²) in [6, 6.07) is 5.98. The van der Waals surface area contributed by atoms with Crippen LogP contribution in [0.3, 0.4) is 0 Å². The maximum Gasteiger partial charge on any atom is 0.177 e. The van der Waals surface area contributed by atoms with Crippen molar-refractivity contribution in [3.8, 4) is 11.5 Å². The fraction of sp³-hybridized carbons (Fsp3) is 0.556. The van der Waals surface area contributed by atoms with Crippen molar-refractivity contribution in [1.82, 2.24) is 10.3 Å². The largest absolute Gasteiger partial charge is 0.486 e. The first-order valence-electron chi connectivity index (χ1n) is 9.08. The van der Waals surface area contributed by atoms with Gasteiger partial charge in [0.05, 0.1) is 18.9 Å². The molecule has 26 heavy (non-hydrogen) atoms. The Balaban J connectivity index is 1.27. The number of hydrogen-bond donors (Lipinski definition) is 1. The molecule has 0 bridgehead atoms. The van der Waals surface area contributed by atoms with Crippen LogP contribution in [-0.2, 0) is 4.74 Å². The SMILES string of the molecule is c1cc2c(cc1C1=NNC(=NCCCN3CCOCC3)SC1)OCCO2. The van der Waals surface area contributed by atoms with Crippen molar-refractivity contribution in [2.24, 2.45) is 10.1 Å². The predicted molar refractivity (Wildman–Crippen MR) is 104 cm³/mol. The van der Waals surface area contributed by atoms with Gasteiger partial charge in [0, 0.05) is 37.5 Å². The second-order valence-electron chi connectivity index (χ2n) is 6.31. The Morgan fingerprint density at radius 2 is 1.96 bits per heavy atom. The van der Waals surface area contributed by atoms with Gasteiger partial charge in [0.1, 0.15) is 13.2 Å². The molecule has 1 aromatic carbocycles. The Morgan fingerprint density at radius 3 is 2.77 bits per heavy atom. The first kappa shape index (κ1) is 17.6. The minimum Gasteiger partial charge on any atom is -0.486 e. The van der Waals surface area contributed by atoms with Crippen molar-refractivity contribution in [1.29, 1.82) is 0 Å². The Bertz CT molecular complexity index is 689. The number of thioether (sulfide) groups is 1. The molecule has 4 rings (SSSR count). The van der Waals surface area contributed by atoms with E-state index in [1.165, 1.54) is 0 Å². The number of benzene rings is 1. The highest BCUT2D eigenvalue weighted by Crippen LogP contribution is 2.31. The molecule has 3 heterocycles. The number of amidine groups is 1. The maximum absolute atomic E-state index is 5.65. The van der Waals surface area contributed by atoms with E-state index in [1.54, 1.807) is 11.8 Å². The molecule has 1 saturated heterocycles. The van der Waals surface area contributed by atoms with E-state index in [4.69, 9.17) is 14.2 Å². The minimum absolute atomic E-state index is 0.594. The van der Waals surface area contributed by atoms with Crippen LogP contribution in [0, 0.1) is 0 Å². The van der Waals surface area contributed by atoms with E-state index in [9.17, 15) is 0 Å². The zero-order valence-corrected chi connectivity index (χ0v) is 15.6. The van der Waals surface area contributed by atoms with E-state index >= 15 is 0 Å². The number of fused-ring (bicyclic) bond motifs is 1. The smallest absolute Gasteiger partial charge is 0.177 e.